The second kappa shape index (κ2) is 3.93. The van der Waals surface area contributed by atoms with E-state index in [0.717, 1.165) is 6.07 Å². The maximum absolute atomic E-state index is 13.3. The van der Waals surface area contributed by atoms with Gasteiger partial charge in [-0.2, -0.15) is 0 Å². The minimum atomic E-state index is -0.873. The Bertz CT molecular complexity index is 508. The zero-order valence-electron chi connectivity index (χ0n) is 7.67. The van der Waals surface area contributed by atoms with E-state index in [1.54, 1.807) is 0 Å². The van der Waals surface area contributed by atoms with E-state index in [1.807, 2.05) is 0 Å². The van der Waals surface area contributed by atoms with Gasteiger partial charge in [-0.1, -0.05) is 21.8 Å². The molecule has 0 unspecified atom stereocenters. The first kappa shape index (κ1) is 10.6. The molecule has 0 spiro atoms. The summed E-state index contributed by atoms with van der Waals surface area (Å²) >= 11 is 5.63. The molecule has 0 amide bonds. The summed E-state index contributed by atoms with van der Waals surface area (Å²) in [5.74, 6) is -1.65. The molecule has 0 atom stereocenters. The van der Waals surface area contributed by atoms with Crippen molar-refractivity contribution in [1.82, 2.24) is 10.2 Å². The molecule has 0 saturated heterocycles. The zero-order valence-corrected chi connectivity index (χ0v) is 8.42. The van der Waals surface area contributed by atoms with Gasteiger partial charge in [0.2, 0.25) is 0 Å². The van der Waals surface area contributed by atoms with Crippen LogP contribution in [0.1, 0.15) is 0 Å². The van der Waals surface area contributed by atoms with Crippen LogP contribution in [0.5, 0.6) is 0 Å². The van der Waals surface area contributed by atoms with Crippen LogP contribution in [0.3, 0.4) is 0 Å². The third kappa shape index (κ3) is 2.03. The lowest BCUT2D eigenvalue weighted by Crippen LogP contribution is -1.96. The minimum Gasteiger partial charge on any atom is -0.389 e. The van der Waals surface area contributed by atoms with Crippen LogP contribution < -0.4 is 11.1 Å². The van der Waals surface area contributed by atoms with E-state index in [2.05, 4.69) is 15.5 Å². The third-order valence-corrected chi connectivity index (χ3v) is 1.98. The highest BCUT2D eigenvalue weighted by molar-refractivity contribution is 6.33. The van der Waals surface area contributed by atoms with Gasteiger partial charge in [0, 0.05) is 6.07 Å². The van der Waals surface area contributed by atoms with Crippen molar-refractivity contribution in [2.75, 3.05) is 11.1 Å². The molecule has 2 aromatic rings. The average molecular weight is 247 g/mol. The zero-order chi connectivity index (χ0) is 11.7. The van der Waals surface area contributed by atoms with Gasteiger partial charge in [-0.05, 0) is 6.07 Å². The summed E-state index contributed by atoms with van der Waals surface area (Å²) in [6, 6.07) is 1.31. The Hall–Kier alpha value is -1.89. The number of aromatic nitrogens is 2. The molecular weight excluding hydrogens is 242 g/mol. The molecule has 16 heavy (non-hydrogen) atoms. The summed E-state index contributed by atoms with van der Waals surface area (Å²) in [4.78, 5) is 0. The first-order valence-corrected chi connectivity index (χ1v) is 4.44. The first-order chi connectivity index (χ1) is 7.56. The van der Waals surface area contributed by atoms with Crippen molar-refractivity contribution in [3.05, 3.63) is 28.8 Å². The Labute approximate surface area is 93.2 Å². The van der Waals surface area contributed by atoms with Gasteiger partial charge in [0.05, 0.1) is 10.7 Å². The highest BCUT2D eigenvalue weighted by Crippen LogP contribution is 2.28. The number of benzene rings is 1. The second-order valence-electron chi connectivity index (χ2n) is 2.81. The number of hydrogen-bond donors (Lipinski definition) is 2. The number of nitrogens with two attached hydrogens (primary N) is 1. The van der Waals surface area contributed by atoms with E-state index in [1.165, 1.54) is 0 Å². The summed E-state index contributed by atoms with van der Waals surface area (Å²) in [6.45, 7) is 0. The van der Waals surface area contributed by atoms with Gasteiger partial charge in [0.15, 0.2) is 5.82 Å². The van der Waals surface area contributed by atoms with Gasteiger partial charge in [-0.3, -0.25) is 0 Å². The summed E-state index contributed by atoms with van der Waals surface area (Å²) in [5.41, 5.74) is 5.01. The van der Waals surface area contributed by atoms with Crippen LogP contribution in [0, 0.1) is 11.6 Å². The number of anilines is 3. The molecule has 0 fully saturated rings. The molecule has 0 radical (unpaired) electrons. The van der Waals surface area contributed by atoms with Crippen molar-refractivity contribution in [1.29, 1.82) is 0 Å². The number of halogens is 3. The normalized spacial score (nSPS) is 10.4. The maximum Gasteiger partial charge on any atom is 0.321 e. The molecule has 1 heterocycles. The smallest absolute Gasteiger partial charge is 0.321 e. The van der Waals surface area contributed by atoms with Crippen molar-refractivity contribution in [2.45, 2.75) is 0 Å². The highest BCUT2D eigenvalue weighted by Gasteiger charge is 2.12. The fourth-order valence-corrected chi connectivity index (χ4v) is 1.30. The van der Waals surface area contributed by atoms with Crippen molar-refractivity contribution in [2.24, 2.45) is 0 Å². The van der Waals surface area contributed by atoms with Crippen LogP contribution in [0.2, 0.25) is 5.02 Å². The molecule has 1 aromatic heterocycles. The topological polar surface area (TPSA) is 77.0 Å². The Balaban J connectivity index is 2.34. The van der Waals surface area contributed by atoms with Crippen molar-refractivity contribution in [3.8, 4) is 0 Å². The van der Waals surface area contributed by atoms with Crippen molar-refractivity contribution in [3.63, 3.8) is 0 Å². The highest BCUT2D eigenvalue weighted by atomic mass is 35.5. The largest absolute Gasteiger partial charge is 0.389 e. The van der Waals surface area contributed by atoms with Crippen molar-refractivity contribution >= 4 is 29.3 Å². The predicted molar refractivity (Wildman–Crippen MR) is 53.4 cm³/mol. The lowest BCUT2D eigenvalue weighted by atomic mass is 10.3. The number of nitrogens with zero attached hydrogens (tertiary/aromatic N) is 2. The SMILES string of the molecule is Nc1nnc(Nc2c(F)cc(F)cc2Cl)o1. The summed E-state index contributed by atoms with van der Waals surface area (Å²) in [7, 11) is 0. The fourth-order valence-electron chi connectivity index (χ4n) is 1.05. The average Bonchev–Trinajstić information content (AvgIpc) is 2.58. The summed E-state index contributed by atoms with van der Waals surface area (Å²) in [5, 5.41) is 9.04. The Morgan fingerprint density at radius 1 is 1.31 bits per heavy atom. The van der Waals surface area contributed by atoms with Gasteiger partial charge in [0.25, 0.3) is 0 Å². The fraction of sp³-hybridized carbons (Fsp3) is 0. The van der Waals surface area contributed by atoms with Crippen molar-refractivity contribution < 1.29 is 13.2 Å². The first-order valence-electron chi connectivity index (χ1n) is 4.07. The number of nitrogens with one attached hydrogen (secondary N) is 1. The molecule has 3 N–H and O–H groups in total. The van der Waals surface area contributed by atoms with Crippen LogP contribution in [-0.2, 0) is 0 Å². The van der Waals surface area contributed by atoms with Crippen LogP contribution in [-0.4, -0.2) is 10.2 Å². The predicted octanol–water partition coefficient (Wildman–Crippen LogP) is 2.33. The maximum atomic E-state index is 13.3. The van der Waals surface area contributed by atoms with E-state index in [0.29, 0.717) is 6.07 Å². The molecule has 0 bridgehead atoms. The molecule has 2 rings (SSSR count). The molecule has 5 nitrogen and oxygen atoms in total. The van der Waals surface area contributed by atoms with Crippen LogP contribution in [0.15, 0.2) is 16.5 Å². The van der Waals surface area contributed by atoms with Gasteiger partial charge in [0.1, 0.15) is 5.82 Å². The van der Waals surface area contributed by atoms with Gasteiger partial charge >= 0.3 is 12.0 Å². The Kier molecular flexibility index (Phi) is 2.61. The van der Waals surface area contributed by atoms with E-state index in [9.17, 15) is 8.78 Å². The van der Waals surface area contributed by atoms with Crippen LogP contribution in [0.4, 0.5) is 26.5 Å². The molecule has 0 aliphatic heterocycles. The molecule has 1 aromatic carbocycles. The van der Waals surface area contributed by atoms with Crippen LogP contribution in [0.25, 0.3) is 0 Å². The molecule has 0 aliphatic carbocycles. The molecule has 0 saturated carbocycles. The number of nitrogen functional groups attached to an aromatic ring is 1. The molecule has 0 aliphatic rings. The third-order valence-electron chi connectivity index (χ3n) is 1.68. The minimum absolute atomic E-state index is 0.134. The van der Waals surface area contributed by atoms with E-state index >= 15 is 0 Å². The lowest BCUT2D eigenvalue weighted by Gasteiger charge is -2.05. The Morgan fingerprint density at radius 3 is 2.62 bits per heavy atom. The monoisotopic (exact) mass is 246 g/mol. The molecule has 8 heteroatoms. The number of rotatable bonds is 2. The quantitative estimate of drug-likeness (QED) is 0.850. The Morgan fingerprint density at radius 2 is 2.06 bits per heavy atom. The second-order valence-corrected chi connectivity index (χ2v) is 3.22. The summed E-state index contributed by atoms with van der Waals surface area (Å²) in [6.07, 6.45) is 0. The van der Waals surface area contributed by atoms with Gasteiger partial charge in [-0.15, -0.1) is 0 Å². The van der Waals surface area contributed by atoms with E-state index in [-0.39, 0.29) is 22.7 Å². The lowest BCUT2D eigenvalue weighted by molar-refractivity contribution is 0.577. The van der Waals surface area contributed by atoms with Gasteiger partial charge in [-0.25, -0.2) is 8.78 Å². The van der Waals surface area contributed by atoms with Gasteiger partial charge < -0.3 is 15.5 Å². The molecular formula is C8H5ClF2N4O. The molecule has 84 valence electrons. The van der Waals surface area contributed by atoms with E-state index in [4.69, 9.17) is 21.8 Å². The summed E-state index contributed by atoms with van der Waals surface area (Å²) < 4.78 is 30.8. The van der Waals surface area contributed by atoms with Crippen LogP contribution >= 0.6 is 11.6 Å². The standard InChI is InChI=1S/C8H5ClF2N4O/c9-4-1-3(10)2-5(11)6(4)13-8-15-14-7(12)16-8/h1-2H,(H2,12,14)(H,13,15). The number of hydrogen-bond acceptors (Lipinski definition) is 5. The van der Waals surface area contributed by atoms with E-state index < -0.39 is 11.6 Å².